The molecule has 3 rings (SSSR count). The van der Waals surface area contributed by atoms with E-state index in [1.54, 1.807) is 47.1 Å². The van der Waals surface area contributed by atoms with Gasteiger partial charge < -0.3 is 9.47 Å². The fourth-order valence-electron chi connectivity index (χ4n) is 2.70. The molecule has 0 aliphatic rings. The van der Waals surface area contributed by atoms with Gasteiger partial charge in [-0.15, -0.1) is 0 Å². The molecule has 0 unspecified atom stereocenters. The first-order chi connectivity index (χ1) is 13.9. The molecule has 0 saturated heterocycles. The Morgan fingerprint density at radius 3 is 2.66 bits per heavy atom. The van der Waals surface area contributed by atoms with Crippen molar-refractivity contribution in [3.05, 3.63) is 76.0 Å². The molecule has 9 nitrogen and oxygen atoms in total. The summed E-state index contributed by atoms with van der Waals surface area (Å²) in [6.45, 7) is -0.420. The fourth-order valence-corrected chi connectivity index (χ4v) is 2.70. The maximum atomic E-state index is 12.2. The van der Waals surface area contributed by atoms with Crippen LogP contribution < -0.4 is 5.43 Å². The predicted molar refractivity (Wildman–Crippen MR) is 103 cm³/mol. The first-order valence-corrected chi connectivity index (χ1v) is 8.83. The highest BCUT2D eigenvalue weighted by atomic mass is 16.6. The molecule has 0 amide bonds. The molecule has 0 aliphatic heterocycles. The minimum atomic E-state index is -0.618. The van der Waals surface area contributed by atoms with Crippen molar-refractivity contribution in [2.75, 3.05) is 13.7 Å². The van der Waals surface area contributed by atoms with E-state index in [1.807, 2.05) is 12.1 Å². The van der Waals surface area contributed by atoms with E-state index in [4.69, 9.17) is 4.74 Å². The Bertz CT molecular complexity index is 1090. The van der Waals surface area contributed by atoms with E-state index in [1.165, 1.54) is 13.2 Å². The summed E-state index contributed by atoms with van der Waals surface area (Å²) in [5, 5.41) is 8.51. The second-order valence-electron chi connectivity index (χ2n) is 6.35. The van der Waals surface area contributed by atoms with E-state index >= 15 is 0 Å². The van der Waals surface area contributed by atoms with E-state index in [0.717, 1.165) is 11.3 Å². The molecule has 0 radical (unpaired) electrons. The molecular weight excluding hydrogens is 376 g/mol. The van der Waals surface area contributed by atoms with Gasteiger partial charge in [-0.05, 0) is 11.1 Å². The van der Waals surface area contributed by atoms with Crippen molar-refractivity contribution in [3.63, 3.8) is 0 Å². The number of methoxy groups -OCH3 is 1. The average Bonchev–Trinajstić information content (AvgIpc) is 3.14. The number of esters is 2. The topological polar surface area (TPSA) is 105 Å². The molecule has 9 heteroatoms. The molecule has 0 saturated carbocycles. The van der Waals surface area contributed by atoms with Crippen LogP contribution in [0, 0.1) is 0 Å². The lowest BCUT2D eigenvalue weighted by atomic mass is 10.0. The summed E-state index contributed by atoms with van der Waals surface area (Å²) in [6, 6.07) is 8.69. The summed E-state index contributed by atoms with van der Waals surface area (Å²) < 4.78 is 12.5. The van der Waals surface area contributed by atoms with Crippen LogP contribution in [0.3, 0.4) is 0 Å². The number of nitrogens with zero attached hydrogens (tertiary/aromatic N) is 4. The lowest BCUT2D eigenvalue weighted by molar-refractivity contribution is -0.156. The Balaban J connectivity index is 1.72. The number of hydrogen-bond donors (Lipinski definition) is 0. The third-order valence-electron chi connectivity index (χ3n) is 4.13. The molecule has 2 aromatic heterocycles. The smallest absolute Gasteiger partial charge is 0.344 e. The van der Waals surface area contributed by atoms with Gasteiger partial charge in [-0.25, -0.2) is 9.48 Å². The van der Waals surface area contributed by atoms with Crippen LogP contribution >= 0.6 is 0 Å². The zero-order chi connectivity index (χ0) is 20.8. The minimum absolute atomic E-state index is 0.00691. The Morgan fingerprint density at radius 2 is 1.93 bits per heavy atom. The summed E-state index contributed by atoms with van der Waals surface area (Å²) in [6.07, 6.45) is 5.36. The monoisotopic (exact) mass is 396 g/mol. The van der Waals surface area contributed by atoms with Crippen LogP contribution in [0.25, 0.3) is 5.69 Å². The van der Waals surface area contributed by atoms with E-state index in [2.05, 4.69) is 14.9 Å². The number of hydrogen-bond acceptors (Lipinski definition) is 7. The number of ether oxygens (including phenoxy) is 2. The molecule has 29 heavy (non-hydrogen) atoms. The molecule has 2 heterocycles. The van der Waals surface area contributed by atoms with Crippen molar-refractivity contribution in [1.82, 2.24) is 19.6 Å². The normalized spacial score (nSPS) is 10.6. The predicted octanol–water partition coefficient (Wildman–Crippen LogP) is 0.815. The Hall–Kier alpha value is -3.75. The van der Waals surface area contributed by atoms with Crippen molar-refractivity contribution < 1.29 is 19.1 Å². The van der Waals surface area contributed by atoms with Crippen molar-refractivity contribution in [2.45, 2.75) is 12.8 Å². The van der Waals surface area contributed by atoms with Crippen LogP contribution in [-0.4, -0.2) is 45.2 Å². The van der Waals surface area contributed by atoms with Gasteiger partial charge in [-0.2, -0.15) is 10.2 Å². The summed E-state index contributed by atoms with van der Waals surface area (Å²) in [5.41, 5.74) is 2.49. The molecule has 0 fully saturated rings. The fraction of sp³-hybridized carbons (Fsp3) is 0.250. The van der Waals surface area contributed by atoms with Gasteiger partial charge in [-0.1, -0.05) is 24.3 Å². The third kappa shape index (κ3) is 5.38. The van der Waals surface area contributed by atoms with Crippen molar-refractivity contribution in [2.24, 2.45) is 7.05 Å². The van der Waals surface area contributed by atoms with Gasteiger partial charge >= 0.3 is 11.9 Å². The molecule has 0 aliphatic carbocycles. The molecule has 150 valence electrons. The largest absolute Gasteiger partial charge is 0.466 e. The van der Waals surface area contributed by atoms with E-state index < -0.39 is 18.5 Å². The average molecular weight is 396 g/mol. The second kappa shape index (κ2) is 8.96. The Morgan fingerprint density at radius 1 is 1.14 bits per heavy atom. The van der Waals surface area contributed by atoms with Gasteiger partial charge in [0.2, 0.25) is 5.43 Å². The second-order valence-corrected chi connectivity index (χ2v) is 6.35. The standard InChI is InChI=1S/C20H20N4O5/c1-23-12-16(11-21-23)24-7-6-18(25)17(22-24)9-14-4-3-5-15(8-14)10-19(26)29-13-20(27)28-2/h3-8,11-12H,9-10,13H2,1-2H3. The van der Waals surface area contributed by atoms with Crippen LogP contribution in [0.5, 0.6) is 0 Å². The third-order valence-corrected chi connectivity index (χ3v) is 4.13. The molecule has 3 aromatic rings. The molecule has 0 N–H and O–H groups in total. The number of aromatic nitrogens is 4. The van der Waals surface area contributed by atoms with E-state index in [0.29, 0.717) is 17.7 Å². The van der Waals surface area contributed by atoms with Crippen LogP contribution in [0.4, 0.5) is 0 Å². The van der Waals surface area contributed by atoms with Gasteiger partial charge in [0.05, 0.1) is 25.9 Å². The van der Waals surface area contributed by atoms with Gasteiger partial charge in [0.25, 0.3) is 0 Å². The summed E-state index contributed by atoms with van der Waals surface area (Å²) in [7, 11) is 3.02. The van der Waals surface area contributed by atoms with Crippen LogP contribution in [-0.2, 0) is 39.0 Å². The van der Waals surface area contributed by atoms with Crippen molar-refractivity contribution in [1.29, 1.82) is 0 Å². The number of carbonyl (C=O) groups excluding carboxylic acids is 2. The highest BCUT2D eigenvalue weighted by molar-refractivity contribution is 5.77. The molecular formula is C20H20N4O5. The summed E-state index contributed by atoms with van der Waals surface area (Å²) in [5.74, 6) is -1.16. The SMILES string of the molecule is COC(=O)COC(=O)Cc1cccc(Cc2nn(-c3cnn(C)c3)ccc2=O)c1. The molecule has 0 atom stereocenters. The lowest BCUT2D eigenvalue weighted by Crippen LogP contribution is -2.17. The summed E-state index contributed by atoms with van der Waals surface area (Å²) in [4.78, 5) is 35.1. The number of rotatable bonds is 7. The van der Waals surface area contributed by atoms with Gasteiger partial charge in [-0.3, -0.25) is 14.3 Å². The van der Waals surface area contributed by atoms with Crippen molar-refractivity contribution in [3.8, 4) is 5.69 Å². The minimum Gasteiger partial charge on any atom is -0.466 e. The number of aryl methyl sites for hydroxylation is 1. The van der Waals surface area contributed by atoms with E-state index in [9.17, 15) is 14.4 Å². The highest BCUT2D eigenvalue weighted by Crippen LogP contribution is 2.11. The van der Waals surface area contributed by atoms with Gasteiger partial charge in [0, 0.05) is 25.7 Å². The van der Waals surface area contributed by atoms with Gasteiger partial charge in [0.1, 0.15) is 11.4 Å². The number of benzene rings is 1. The Kier molecular flexibility index (Phi) is 6.18. The van der Waals surface area contributed by atoms with E-state index in [-0.39, 0.29) is 11.8 Å². The zero-order valence-electron chi connectivity index (χ0n) is 16.1. The van der Waals surface area contributed by atoms with Crippen molar-refractivity contribution >= 4 is 11.9 Å². The van der Waals surface area contributed by atoms with Crippen LogP contribution in [0.15, 0.2) is 53.7 Å². The molecule has 0 spiro atoms. The first-order valence-electron chi connectivity index (χ1n) is 8.83. The maximum Gasteiger partial charge on any atom is 0.344 e. The zero-order valence-corrected chi connectivity index (χ0v) is 16.1. The molecule has 1 aromatic carbocycles. The Labute approximate surface area is 166 Å². The molecule has 0 bridgehead atoms. The maximum absolute atomic E-state index is 12.2. The van der Waals surface area contributed by atoms with Gasteiger partial charge in [0.15, 0.2) is 6.61 Å². The lowest BCUT2D eigenvalue weighted by Gasteiger charge is -2.07. The van der Waals surface area contributed by atoms with Crippen LogP contribution in [0.2, 0.25) is 0 Å². The highest BCUT2D eigenvalue weighted by Gasteiger charge is 2.11. The summed E-state index contributed by atoms with van der Waals surface area (Å²) >= 11 is 0. The first kappa shape index (κ1) is 20.0. The number of carbonyl (C=O) groups is 2. The quantitative estimate of drug-likeness (QED) is 0.544. The van der Waals surface area contributed by atoms with Crippen LogP contribution in [0.1, 0.15) is 16.8 Å².